The molecule has 7 nitrogen and oxygen atoms in total. The molecule has 2 fully saturated rings. The van der Waals surface area contributed by atoms with E-state index in [9.17, 15) is 13.2 Å². The largest absolute Gasteiger partial charge is 0.356 e. The summed E-state index contributed by atoms with van der Waals surface area (Å²) in [6.07, 6.45) is 4.95. The second-order valence-corrected chi connectivity index (χ2v) is 8.16. The maximum Gasteiger partial charge on any atom is 0.270 e. The Kier molecular flexibility index (Phi) is 4.74. The number of hydrogen-bond donors (Lipinski definition) is 3. The quantitative estimate of drug-likeness (QED) is 0.751. The smallest absolute Gasteiger partial charge is 0.270 e. The zero-order valence-corrected chi connectivity index (χ0v) is 14.2. The normalized spacial score (nSPS) is 25.7. The Morgan fingerprint density at radius 2 is 2.09 bits per heavy atom. The molecule has 3 heterocycles. The van der Waals surface area contributed by atoms with Crippen molar-refractivity contribution in [2.24, 2.45) is 0 Å². The third-order valence-corrected chi connectivity index (χ3v) is 6.04. The highest BCUT2D eigenvalue weighted by atomic mass is 32.2. The number of nitrogens with zero attached hydrogens (tertiary/aromatic N) is 1. The number of amides is 1. The highest BCUT2D eigenvalue weighted by Crippen LogP contribution is 2.17. The van der Waals surface area contributed by atoms with Crippen LogP contribution in [0.25, 0.3) is 0 Å². The molecule has 8 heteroatoms. The molecule has 3 rings (SSSR count). The molecule has 0 spiro atoms. The van der Waals surface area contributed by atoms with Gasteiger partial charge in [0.05, 0.1) is 0 Å². The summed E-state index contributed by atoms with van der Waals surface area (Å²) < 4.78 is 27.7. The maximum atomic E-state index is 12.5. The van der Waals surface area contributed by atoms with Crippen LogP contribution in [0.4, 0.5) is 0 Å². The number of nitrogens with one attached hydrogen (secondary N) is 3. The van der Waals surface area contributed by atoms with Gasteiger partial charge in [-0.25, -0.2) is 13.1 Å². The number of piperidine rings is 1. The van der Waals surface area contributed by atoms with Crippen LogP contribution in [-0.2, 0) is 10.0 Å². The summed E-state index contributed by atoms with van der Waals surface area (Å²) in [6.45, 7) is 4.33. The zero-order valence-electron chi connectivity index (χ0n) is 13.3. The van der Waals surface area contributed by atoms with Gasteiger partial charge in [-0.2, -0.15) is 0 Å². The third kappa shape index (κ3) is 3.76. The predicted molar refractivity (Wildman–Crippen MR) is 86.7 cm³/mol. The Balaban J connectivity index is 1.69. The number of rotatable bonds is 4. The number of H-pyrrole nitrogens is 1. The van der Waals surface area contributed by atoms with Gasteiger partial charge >= 0.3 is 0 Å². The number of carbonyl (C=O) groups is 1. The van der Waals surface area contributed by atoms with Crippen LogP contribution in [0.5, 0.6) is 0 Å². The van der Waals surface area contributed by atoms with Gasteiger partial charge in [-0.3, -0.25) is 4.79 Å². The molecule has 2 aliphatic rings. The lowest BCUT2D eigenvalue weighted by Crippen LogP contribution is -2.46. The fourth-order valence-corrected chi connectivity index (χ4v) is 4.55. The SMILES string of the molecule is CC1CC(NS(=O)(=O)c2c[nH]c(C(=O)N3CCCC3)c2)CCN1. The second-order valence-electron chi connectivity index (χ2n) is 6.45. The Labute approximate surface area is 136 Å². The number of carbonyl (C=O) groups excluding carboxylic acids is 1. The first-order valence-electron chi connectivity index (χ1n) is 8.19. The van der Waals surface area contributed by atoms with Gasteiger partial charge in [0, 0.05) is 31.4 Å². The van der Waals surface area contributed by atoms with Crippen LogP contribution in [0.2, 0.25) is 0 Å². The van der Waals surface area contributed by atoms with Gasteiger partial charge in [0.1, 0.15) is 10.6 Å². The summed E-state index contributed by atoms with van der Waals surface area (Å²) >= 11 is 0. The van der Waals surface area contributed by atoms with Gasteiger partial charge in [-0.05, 0) is 45.2 Å². The molecule has 1 amide bonds. The van der Waals surface area contributed by atoms with Crippen LogP contribution in [0, 0.1) is 0 Å². The topological polar surface area (TPSA) is 94.3 Å². The van der Waals surface area contributed by atoms with Gasteiger partial charge in [-0.1, -0.05) is 0 Å². The maximum absolute atomic E-state index is 12.5. The lowest BCUT2D eigenvalue weighted by molar-refractivity contribution is 0.0787. The number of hydrogen-bond acceptors (Lipinski definition) is 4. The van der Waals surface area contributed by atoms with E-state index in [1.165, 1.54) is 12.3 Å². The average molecular weight is 340 g/mol. The molecule has 0 radical (unpaired) electrons. The van der Waals surface area contributed by atoms with Crippen LogP contribution < -0.4 is 10.0 Å². The van der Waals surface area contributed by atoms with Crippen LogP contribution in [0.1, 0.15) is 43.1 Å². The van der Waals surface area contributed by atoms with E-state index in [0.29, 0.717) is 11.7 Å². The highest BCUT2D eigenvalue weighted by Gasteiger charge is 2.27. The Hall–Kier alpha value is -1.38. The van der Waals surface area contributed by atoms with Gasteiger partial charge in [0.15, 0.2) is 0 Å². The van der Waals surface area contributed by atoms with E-state index in [0.717, 1.165) is 45.3 Å². The molecule has 128 valence electrons. The van der Waals surface area contributed by atoms with Gasteiger partial charge in [0.2, 0.25) is 10.0 Å². The first-order valence-corrected chi connectivity index (χ1v) is 9.67. The molecule has 1 aromatic heterocycles. The number of aromatic amines is 1. The van der Waals surface area contributed by atoms with Crippen LogP contribution in [0.15, 0.2) is 17.2 Å². The molecule has 0 bridgehead atoms. The lowest BCUT2D eigenvalue weighted by atomic mass is 10.0. The van der Waals surface area contributed by atoms with E-state index >= 15 is 0 Å². The van der Waals surface area contributed by atoms with E-state index in [4.69, 9.17) is 0 Å². The Bertz CT molecular complexity index is 664. The van der Waals surface area contributed by atoms with E-state index < -0.39 is 10.0 Å². The summed E-state index contributed by atoms with van der Waals surface area (Å²) in [7, 11) is -3.60. The second kappa shape index (κ2) is 6.62. The summed E-state index contributed by atoms with van der Waals surface area (Å²) in [6, 6.07) is 1.67. The van der Waals surface area contributed by atoms with E-state index in [1.54, 1.807) is 4.90 Å². The summed E-state index contributed by atoms with van der Waals surface area (Å²) in [5, 5.41) is 3.30. The van der Waals surface area contributed by atoms with E-state index in [1.807, 2.05) is 6.92 Å². The Morgan fingerprint density at radius 1 is 1.35 bits per heavy atom. The van der Waals surface area contributed by atoms with Crippen molar-refractivity contribution >= 4 is 15.9 Å². The molecule has 2 aliphatic heterocycles. The number of sulfonamides is 1. The molecule has 23 heavy (non-hydrogen) atoms. The molecule has 2 atom stereocenters. The van der Waals surface area contributed by atoms with Crippen molar-refractivity contribution in [3.63, 3.8) is 0 Å². The number of likely N-dealkylation sites (tertiary alicyclic amines) is 1. The fourth-order valence-electron chi connectivity index (χ4n) is 3.27. The summed E-state index contributed by atoms with van der Waals surface area (Å²) in [4.78, 5) is 17.0. The van der Waals surface area contributed by atoms with Crippen LogP contribution >= 0.6 is 0 Å². The van der Waals surface area contributed by atoms with Crippen molar-refractivity contribution in [2.45, 2.75) is 49.6 Å². The van der Waals surface area contributed by atoms with Crippen molar-refractivity contribution in [3.05, 3.63) is 18.0 Å². The third-order valence-electron chi connectivity index (χ3n) is 4.54. The van der Waals surface area contributed by atoms with Gasteiger partial charge in [-0.15, -0.1) is 0 Å². The molecule has 2 unspecified atom stereocenters. The van der Waals surface area contributed by atoms with Crippen LogP contribution in [0.3, 0.4) is 0 Å². The first kappa shape index (κ1) is 16.5. The van der Waals surface area contributed by atoms with Crippen molar-refractivity contribution in [2.75, 3.05) is 19.6 Å². The standard InChI is InChI=1S/C15H24N4O3S/c1-11-8-12(4-5-16-11)18-23(21,22)13-9-14(17-10-13)15(20)19-6-2-3-7-19/h9-12,16-18H,2-8H2,1H3. The predicted octanol–water partition coefficient (Wildman–Crippen LogP) is 0.670. The molecule has 0 aromatic carbocycles. The minimum atomic E-state index is -3.60. The summed E-state index contributed by atoms with van der Waals surface area (Å²) in [5.74, 6) is -0.126. The molecule has 0 saturated carbocycles. The van der Waals surface area contributed by atoms with Crippen molar-refractivity contribution < 1.29 is 13.2 Å². The van der Waals surface area contributed by atoms with Gasteiger partial charge in [0.25, 0.3) is 5.91 Å². The number of aromatic nitrogens is 1. The minimum absolute atomic E-state index is 0.0658. The molecular weight excluding hydrogens is 316 g/mol. The first-order chi connectivity index (χ1) is 11.0. The van der Waals surface area contributed by atoms with Crippen molar-refractivity contribution in [1.29, 1.82) is 0 Å². The zero-order chi connectivity index (χ0) is 16.4. The monoisotopic (exact) mass is 340 g/mol. The van der Waals surface area contributed by atoms with E-state index in [-0.39, 0.29) is 16.8 Å². The fraction of sp³-hybridized carbons (Fsp3) is 0.667. The molecule has 1 aromatic rings. The van der Waals surface area contributed by atoms with Crippen molar-refractivity contribution in [3.8, 4) is 0 Å². The summed E-state index contributed by atoms with van der Waals surface area (Å²) in [5.41, 5.74) is 0.339. The Morgan fingerprint density at radius 3 is 2.78 bits per heavy atom. The van der Waals surface area contributed by atoms with Gasteiger partial charge < -0.3 is 15.2 Å². The van der Waals surface area contributed by atoms with Crippen molar-refractivity contribution in [1.82, 2.24) is 19.9 Å². The highest BCUT2D eigenvalue weighted by molar-refractivity contribution is 7.89. The molecule has 2 saturated heterocycles. The van der Waals surface area contributed by atoms with E-state index in [2.05, 4.69) is 15.0 Å². The average Bonchev–Trinajstić information content (AvgIpc) is 3.18. The molecule has 0 aliphatic carbocycles. The molecule has 3 N–H and O–H groups in total. The lowest BCUT2D eigenvalue weighted by Gasteiger charge is -2.28. The molecular formula is C15H24N4O3S. The van der Waals surface area contributed by atoms with Crippen LogP contribution in [-0.4, -0.2) is 55.9 Å². The minimum Gasteiger partial charge on any atom is -0.356 e.